The van der Waals surface area contributed by atoms with E-state index in [1.165, 1.54) is 23.0 Å². The van der Waals surface area contributed by atoms with Crippen LogP contribution >= 0.6 is 11.3 Å². The van der Waals surface area contributed by atoms with Crippen LogP contribution in [0.15, 0.2) is 42.5 Å². The molecule has 0 atom stereocenters. The fourth-order valence-corrected chi connectivity index (χ4v) is 4.00. The van der Waals surface area contributed by atoms with Gasteiger partial charge in [-0.15, -0.1) is 11.3 Å². The van der Waals surface area contributed by atoms with Crippen molar-refractivity contribution in [3.05, 3.63) is 69.8 Å². The lowest BCUT2D eigenvalue weighted by Gasteiger charge is -2.10. The Morgan fingerprint density at radius 1 is 1.12 bits per heavy atom. The van der Waals surface area contributed by atoms with E-state index in [0.717, 1.165) is 16.8 Å². The second-order valence-electron chi connectivity index (χ2n) is 6.41. The Hall–Kier alpha value is -2.24. The molecule has 3 rings (SSSR count). The summed E-state index contributed by atoms with van der Waals surface area (Å²) in [4.78, 5) is 15.2. The molecule has 0 spiro atoms. The number of amides is 1. The number of fused-ring (bicyclic) bond motifs is 1. The molecule has 0 aliphatic carbocycles. The molecule has 2 aromatic carbocycles. The summed E-state index contributed by atoms with van der Waals surface area (Å²) >= 11 is 1.33. The summed E-state index contributed by atoms with van der Waals surface area (Å²) < 4.78 is 14.8. The van der Waals surface area contributed by atoms with Crippen molar-refractivity contribution in [3.63, 3.8) is 0 Å². The Balaban J connectivity index is 1.71. The monoisotopic (exact) mass is 356 g/mol. The molecule has 5 heteroatoms. The third-order valence-electron chi connectivity index (χ3n) is 4.08. The molecule has 1 heterocycles. The van der Waals surface area contributed by atoms with Crippen molar-refractivity contribution in [2.24, 2.45) is 0 Å². The lowest BCUT2D eigenvalue weighted by molar-refractivity contribution is 0.0954. The standard InChI is InChI=1S/C20H21FN2OS/c1-13-18-16(21)5-4-6-17(18)25-19(13)20(24)22-11-14-7-9-15(10-8-14)12-23(2)3/h4-10H,11-12H2,1-3H3,(H,22,24). The van der Waals surface area contributed by atoms with Gasteiger partial charge in [-0.2, -0.15) is 0 Å². The SMILES string of the molecule is Cc1c(C(=O)NCc2ccc(CN(C)C)cc2)sc2cccc(F)c12. The van der Waals surface area contributed by atoms with Crippen LogP contribution in [0.2, 0.25) is 0 Å². The molecule has 0 aliphatic rings. The number of hydrogen-bond acceptors (Lipinski definition) is 3. The molecule has 0 radical (unpaired) electrons. The van der Waals surface area contributed by atoms with Crippen LogP contribution in [0.5, 0.6) is 0 Å². The van der Waals surface area contributed by atoms with E-state index in [1.54, 1.807) is 13.0 Å². The lowest BCUT2D eigenvalue weighted by atomic mass is 10.1. The minimum atomic E-state index is -0.276. The zero-order valence-corrected chi connectivity index (χ0v) is 15.4. The number of carbonyl (C=O) groups excluding carboxylic acids is 1. The van der Waals surface area contributed by atoms with Gasteiger partial charge in [-0.05, 0) is 49.8 Å². The Kier molecular flexibility index (Phi) is 5.16. The van der Waals surface area contributed by atoms with E-state index < -0.39 is 0 Å². The molecule has 0 unspecified atom stereocenters. The van der Waals surface area contributed by atoms with Gasteiger partial charge in [-0.25, -0.2) is 4.39 Å². The minimum Gasteiger partial charge on any atom is -0.347 e. The summed E-state index contributed by atoms with van der Waals surface area (Å²) in [5.41, 5.74) is 2.98. The molecule has 3 aromatic rings. The summed E-state index contributed by atoms with van der Waals surface area (Å²) in [6.07, 6.45) is 0. The van der Waals surface area contributed by atoms with E-state index in [4.69, 9.17) is 0 Å². The Morgan fingerprint density at radius 2 is 1.80 bits per heavy atom. The zero-order chi connectivity index (χ0) is 18.0. The molecule has 0 saturated carbocycles. The maximum atomic E-state index is 14.0. The van der Waals surface area contributed by atoms with Crippen molar-refractivity contribution in [2.75, 3.05) is 14.1 Å². The van der Waals surface area contributed by atoms with Crippen LogP contribution in [0.4, 0.5) is 4.39 Å². The van der Waals surface area contributed by atoms with Gasteiger partial charge >= 0.3 is 0 Å². The smallest absolute Gasteiger partial charge is 0.261 e. The topological polar surface area (TPSA) is 32.3 Å². The molecule has 25 heavy (non-hydrogen) atoms. The van der Waals surface area contributed by atoms with Crippen molar-refractivity contribution >= 4 is 27.3 Å². The molecule has 0 fully saturated rings. The first-order chi connectivity index (χ1) is 12.0. The van der Waals surface area contributed by atoms with Crippen LogP contribution in [0.1, 0.15) is 26.4 Å². The van der Waals surface area contributed by atoms with Gasteiger partial charge in [0.25, 0.3) is 5.91 Å². The first-order valence-corrected chi connectivity index (χ1v) is 8.95. The van der Waals surface area contributed by atoms with E-state index in [1.807, 2.05) is 32.3 Å². The number of thiophene rings is 1. The average molecular weight is 356 g/mol. The number of nitrogens with one attached hydrogen (secondary N) is 1. The van der Waals surface area contributed by atoms with Gasteiger partial charge in [-0.3, -0.25) is 4.79 Å². The van der Waals surface area contributed by atoms with Crippen LogP contribution in [0.3, 0.4) is 0 Å². The highest BCUT2D eigenvalue weighted by molar-refractivity contribution is 7.21. The fourth-order valence-electron chi connectivity index (χ4n) is 2.86. The molecule has 0 saturated heterocycles. The van der Waals surface area contributed by atoms with Gasteiger partial charge in [0.15, 0.2) is 0 Å². The average Bonchev–Trinajstić information content (AvgIpc) is 2.92. The highest BCUT2D eigenvalue weighted by Crippen LogP contribution is 2.32. The molecular formula is C20H21FN2OS. The Morgan fingerprint density at radius 3 is 2.44 bits per heavy atom. The minimum absolute atomic E-state index is 0.157. The van der Waals surface area contributed by atoms with Crippen LogP contribution in [0, 0.1) is 12.7 Å². The molecule has 130 valence electrons. The summed E-state index contributed by atoms with van der Waals surface area (Å²) in [5, 5.41) is 3.48. The number of halogens is 1. The quantitative estimate of drug-likeness (QED) is 0.737. The molecule has 0 bridgehead atoms. The summed E-state index contributed by atoms with van der Waals surface area (Å²) in [7, 11) is 4.06. The molecule has 3 nitrogen and oxygen atoms in total. The second-order valence-corrected chi connectivity index (χ2v) is 7.46. The number of nitrogens with zero attached hydrogens (tertiary/aromatic N) is 1. The van der Waals surface area contributed by atoms with Gasteiger partial charge in [0.1, 0.15) is 5.82 Å². The normalized spacial score (nSPS) is 11.2. The van der Waals surface area contributed by atoms with Gasteiger partial charge in [0.05, 0.1) is 4.88 Å². The number of carbonyl (C=O) groups is 1. The summed E-state index contributed by atoms with van der Waals surface area (Å²) in [6.45, 7) is 3.14. The maximum Gasteiger partial charge on any atom is 0.261 e. The van der Waals surface area contributed by atoms with Crippen LogP contribution in [-0.2, 0) is 13.1 Å². The lowest BCUT2D eigenvalue weighted by Crippen LogP contribution is -2.22. The van der Waals surface area contributed by atoms with Crippen molar-refractivity contribution < 1.29 is 9.18 Å². The molecule has 0 aliphatic heterocycles. The second kappa shape index (κ2) is 7.33. The van der Waals surface area contributed by atoms with Gasteiger partial charge in [0.2, 0.25) is 0 Å². The largest absolute Gasteiger partial charge is 0.347 e. The maximum absolute atomic E-state index is 14.0. The van der Waals surface area contributed by atoms with E-state index in [2.05, 4.69) is 22.3 Å². The summed E-state index contributed by atoms with van der Waals surface area (Å²) in [5.74, 6) is -0.433. The van der Waals surface area contributed by atoms with Crippen LogP contribution < -0.4 is 5.32 Å². The number of benzene rings is 2. The fraction of sp³-hybridized carbons (Fsp3) is 0.250. The van der Waals surface area contributed by atoms with Crippen molar-refractivity contribution in [2.45, 2.75) is 20.0 Å². The van der Waals surface area contributed by atoms with Crippen molar-refractivity contribution in [1.29, 1.82) is 0 Å². The van der Waals surface area contributed by atoms with E-state index in [-0.39, 0.29) is 11.7 Å². The first kappa shape index (κ1) is 17.6. The Labute approximate surface area is 151 Å². The predicted molar refractivity (Wildman–Crippen MR) is 102 cm³/mol. The number of aryl methyl sites for hydroxylation is 1. The predicted octanol–water partition coefficient (Wildman–Crippen LogP) is 4.34. The number of hydrogen-bond donors (Lipinski definition) is 1. The highest BCUT2D eigenvalue weighted by atomic mass is 32.1. The van der Waals surface area contributed by atoms with Crippen LogP contribution in [-0.4, -0.2) is 24.9 Å². The Bertz CT molecular complexity index is 900. The highest BCUT2D eigenvalue weighted by Gasteiger charge is 2.17. The summed E-state index contributed by atoms with van der Waals surface area (Å²) in [6, 6.07) is 13.1. The molecule has 1 aromatic heterocycles. The molecule has 1 N–H and O–H groups in total. The van der Waals surface area contributed by atoms with Crippen LogP contribution in [0.25, 0.3) is 10.1 Å². The third kappa shape index (κ3) is 3.89. The van der Waals surface area contributed by atoms with E-state index in [0.29, 0.717) is 22.4 Å². The van der Waals surface area contributed by atoms with Gasteiger partial charge in [0, 0.05) is 23.2 Å². The van der Waals surface area contributed by atoms with Crippen molar-refractivity contribution in [1.82, 2.24) is 10.2 Å². The van der Waals surface area contributed by atoms with E-state index in [9.17, 15) is 9.18 Å². The van der Waals surface area contributed by atoms with Crippen molar-refractivity contribution in [3.8, 4) is 0 Å². The molecular weight excluding hydrogens is 335 g/mol. The number of rotatable bonds is 5. The van der Waals surface area contributed by atoms with Gasteiger partial charge in [-0.1, -0.05) is 30.3 Å². The zero-order valence-electron chi connectivity index (χ0n) is 14.6. The molecule has 1 amide bonds. The first-order valence-electron chi connectivity index (χ1n) is 8.14. The third-order valence-corrected chi connectivity index (χ3v) is 5.34. The van der Waals surface area contributed by atoms with Gasteiger partial charge < -0.3 is 10.2 Å². The van der Waals surface area contributed by atoms with E-state index >= 15 is 0 Å².